The smallest absolute Gasteiger partial charge is 0.130 e. The van der Waals surface area contributed by atoms with Gasteiger partial charge >= 0.3 is 0 Å². The molecule has 1 heterocycles. The van der Waals surface area contributed by atoms with Gasteiger partial charge in [0.2, 0.25) is 0 Å². The van der Waals surface area contributed by atoms with Gasteiger partial charge in [-0.15, -0.1) is 0 Å². The van der Waals surface area contributed by atoms with E-state index in [2.05, 4.69) is 28.6 Å². The van der Waals surface area contributed by atoms with Crippen molar-refractivity contribution >= 4 is 0 Å². The number of aliphatic hydroxyl groups excluding tert-OH is 1. The fourth-order valence-corrected chi connectivity index (χ4v) is 2.04. The summed E-state index contributed by atoms with van der Waals surface area (Å²) in [6.07, 6.45) is 5.08. The monoisotopic (exact) mass is 274 g/mol. The van der Waals surface area contributed by atoms with Crippen LogP contribution in [0, 0.1) is 0 Å². The summed E-state index contributed by atoms with van der Waals surface area (Å²) in [5.74, 6) is 0.856. The van der Waals surface area contributed by atoms with Crippen LogP contribution in [-0.2, 0) is 19.6 Å². The Bertz CT molecular complexity index is 518. The molecule has 1 atom stereocenters. The zero-order valence-electron chi connectivity index (χ0n) is 12.1. The van der Waals surface area contributed by atoms with E-state index in [1.165, 1.54) is 5.56 Å². The lowest BCUT2D eigenvalue weighted by Gasteiger charge is -2.09. The van der Waals surface area contributed by atoms with Crippen LogP contribution in [0.3, 0.4) is 0 Å². The number of hydrogen-bond acceptors (Lipinski definition) is 3. The summed E-state index contributed by atoms with van der Waals surface area (Å²) in [6.45, 7) is 5.33. The van der Waals surface area contributed by atoms with Crippen LogP contribution in [0.5, 0.6) is 5.75 Å². The lowest BCUT2D eigenvalue weighted by atomic mass is 10.1. The molecule has 0 amide bonds. The molecule has 20 heavy (non-hydrogen) atoms. The Kier molecular flexibility index (Phi) is 5.18. The highest BCUT2D eigenvalue weighted by Gasteiger charge is 2.02. The molecular formula is C16H22N2O2. The van der Waals surface area contributed by atoms with Crippen molar-refractivity contribution in [2.45, 2.75) is 45.9 Å². The Balaban J connectivity index is 1.87. The van der Waals surface area contributed by atoms with E-state index in [0.717, 1.165) is 30.8 Å². The lowest BCUT2D eigenvalue weighted by Crippen LogP contribution is -2.04. The first-order chi connectivity index (χ1) is 9.69. The first kappa shape index (κ1) is 14.6. The van der Waals surface area contributed by atoms with Crippen LogP contribution in [0.4, 0.5) is 0 Å². The van der Waals surface area contributed by atoms with E-state index in [-0.39, 0.29) is 6.10 Å². The second kappa shape index (κ2) is 7.10. The molecule has 1 aromatic carbocycles. The number of nitrogens with zero attached hydrogens (tertiary/aromatic N) is 2. The Morgan fingerprint density at radius 1 is 1.30 bits per heavy atom. The molecule has 0 aliphatic rings. The highest BCUT2D eigenvalue weighted by molar-refractivity contribution is 5.27. The van der Waals surface area contributed by atoms with E-state index in [1.54, 1.807) is 0 Å². The van der Waals surface area contributed by atoms with E-state index >= 15 is 0 Å². The van der Waals surface area contributed by atoms with Gasteiger partial charge in [-0.1, -0.05) is 12.1 Å². The highest BCUT2D eigenvalue weighted by Crippen LogP contribution is 2.15. The number of aliphatic hydroxyl groups is 1. The molecule has 4 heteroatoms. The van der Waals surface area contributed by atoms with Crippen molar-refractivity contribution in [3.05, 3.63) is 48.0 Å². The second-order valence-electron chi connectivity index (χ2n) is 4.99. The van der Waals surface area contributed by atoms with Crippen LogP contribution in [0.15, 0.2) is 36.8 Å². The topological polar surface area (TPSA) is 47.3 Å². The van der Waals surface area contributed by atoms with Crippen LogP contribution in [0.1, 0.15) is 31.5 Å². The Hall–Kier alpha value is -1.81. The average Bonchev–Trinajstić information content (AvgIpc) is 2.91. The molecule has 4 nitrogen and oxygen atoms in total. The number of benzene rings is 1. The van der Waals surface area contributed by atoms with Gasteiger partial charge in [0.05, 0.1) is 24.3 Å². The van der Waals surface area contributed by atoms with Crippen LogP contribution in [-0.4, -0.2) is 20.8 Å². The number of ether oxygens (including phenoxy) is 1. The molecule has 1 unspecified atom stereocenters. The number of hydrogen-bond donors (Lipinski definition) is 1. The lowest BCUT2D eigenvalue weighted by molar-refractivity contribution is 0.185. The van der Waals surface area contributed by atoms with Gasteiger partial charge in [0, 0.05) is 6.54 Å². The maximum Gasteiger partial charge on any atom is 0.130 e. The van der Waals surface area contributed by atoms with Crippen molar-refractivity contribution in [3.63, 3.8) is 0 Å². The molecule has 0 radical (unpaired) electrons. The third-order valence-electron chi connectivity index (χ3n) is 3.30. The Labute approximate surface area is 120 Å². The van der Waals surface area contributed by atoms with Crippen LogP contribution in [0.2, 0.25) is 0 Å². The normalized spacial score (nSPS) is 12.3. The highest BCUT2D eigenvalue weighted by atomic mass is 16.5. The molecule has 1 N–H and O–H groups in total. The molecule has 0 aliphatic carbocycles. The van der Waals surface area contributed by atoms with Gasteiger partial charge in [0.15, 0.2) is 0 Å². The largest absolute Gasteiger partial charge is 0.487 e. The zero-order valence-corrected chi connectivity index (χ0v) is 12.1. The minimum atomic E-state index is -0.250. The van der Waals surface area contributed by atoms with Crippen molar-refractivity contribution in [2.75, 3.05) is 0 Å². The Morgan fingerprint density at radius 2 is 2.05 bits per heavy atom. The van der Waals surface area contributed by atoms with Gasteiger partial charge in [-0.3, -0.25) is 0 Å². The third kappa shape index (κ3) is 4.10. The summed E-state index contributed by atoms with van der Waals surface area (Å²) in [5, 5.41) is 9.27. The molecule has 2 aromatic rings. The minimum Gasteiger partial charge on any atom is -0.487 e. The SMILES string of the molecule is CCn1cncc1COc1ccc(CCC(C)O)cc1. The summed E-state index contributed by atoms with van der Waals surface area (Å²) in [6, 6.07) is 8.05. The van der Waals surface area contributed by atoms with Gasteiger partial charge in [-0.25, -0.2) is 4.98 Å². The molecule has 1 aromatic heterocycles. The first-order valence-electron chi connectivity index (χ1n) is 7.08. The van der Waals surface area contributed by atoms with Gasteiger partial charge < -0.3 is 14.4 Å². The maximum absolute atomic E-state index is 9.27. The standard InChI is InChI=1S/C16H22N2O2/c1-3-18-12-17-10-15(18)11-20-16-8-6-14(7-9-16)5-4-13(2)19/h6-10,12-13,19H,3-5,11H2,1-2H3. The van der Waals surface area contributed by atoms with Crippen molar-refractivity contribution < 1.29 is 9.84 Å². The molecule has 0 saturated heterocycles. The van der Waals surface area contributed by atoms with E-state index in [9.17, 15) is 5.11 Å². The maximum atomic E-state index is 9.27. The van der Waals surface area contributed by atoms with Gasteiger partial charge in [-0.2, -0.15) is 0 Å². The molecule has 0 aliphatic heterocycles. The summed E-state index contributed by atoms with van der Waals surface area (Å²) < 4.78 is 7.83. The fourth-order valence-electron chi connectivity index (χ4n) is 2.04. The van der Waals surface area contributed by atoms with Crippen molar-refractivity contribution in [1.82, 2.24) is 9.55 Å². The molecule has 108 valence electrons. The van der Waals surface area contributed by atoms with Crippen molar-refractivity contribution in [1.29, 1.82) is 0 Å². The number of aryl methyl sites for hydroxylation is 2. The molecular weight excluding hydrogens is 252 g/mol. The number of aromatic nitrogens is 2. The molecule has 0 saturated carbocycles. The van der Waals surface area contributed by atoms with Crippen molar-refractivity contribution in [2.24, 2.45) is 0 Å². The molecule has 2 rings (SSSR count). The van der Waals surface area contributed by atoms with Crippen LogP contribution >= 0.6 is 0 Å². The summed E-state index contributed by atoms with van der Waals surface area (Å²) in [7, 11) is 0. The van der Waals surface area contributed by atoms with E-state index in [1.807, 2.05) is 31.6 Å². The van der Waals surface area contributed by atoms with E-state index in [4.69, 9.17) is 4.74 Å². The van der Waals surface area contributed by atoms with Gasteiger partial charge in [0.1, 0.15) is 12.4 Å². The van der Waals surface area contributed by atoms with Gasteiger partial charge in [-0.05, 0) is 44.4 Å². The van der Waals surface area contributed by atoms with Crippen LogP contribution in [0.25, 0.3) is 0 Å². The van der Waals surface area contributed by atoms with Crippen LogP contribution < -0.4 is 4.74 Å². The summed E-state index contributed by atoms with van der Waals surface area (Å²) >= 11 is 0. The zero-order chi connectivity index (χ0) is 14.4. The molecule has 0 bridgehead atoms. The van der Waals surface area contributed by atoms with Gasteiger partial charge in [0.25, 0.3) is 0 Å². The predicted molar refractivity (Wildman–Crippen MR) is 78.7 cm³/mol. The van der Waals surface area contributed by atoms with Crippen molar-refractivity contribution in [3.8, 4) is 5.75 Å². The average molecular weight is 274 g/mol. The summed E-state index contributed by atoms with van der Waals surface area (Å²) in [4.78, 5) is 4.12. The summed E-state index contributed by atoms with van der Waals surface area (Å²) in [5.41, 5.74) is 2.29. The molecule has 0 fully saturated rings. The van der Waals surface area contributed by atoms with E-state index in [0.29, 0.717) is 6.61 Å². The Morgan fingerprint density at radius 3 is 2.70 bits per heavy atom. The number of imidazole rings is 1. The third-order valence-corrected chi connectivity index (χ3v) is 3.30. The van der Waals surface area contributed by atoms with E-state index < -0.39 is 0 Å². The quantitative estimate of drug-likeness (QED) is 0.844. The minimum absolute atomic E-state index is 0.250. The second-order valence-corrected chi connectivity index (χ2v) is 4.99. The predicted octanol–water partition coefficient (Wildman–Crippen LogP) is 2.80. The fraction of sp³-hybridized carbons (Fsp3) is 0.438. The first-order valence-corrected chi connectivity index (χ1v) is 7.08. The molecule has 0 spiro atoms. The number of rotatable bonds is 7.